The van der Waals surface area contributed by atoms with Crippen molar-refractivity contribution in [1.82, 2.24) is 0 Å². The van der Waals surface area contributed by atoms with Crippen molar-refractivity contribution in [3.05, 3.63) is 24.0 Å². The van der Waals surface area contributed by atoms with Crippen LogP contribution in [0.4, 0.5) is 0 Å². The minimum absolute atomic E-state index is 0.00411. The lowest BCUT2D eigenvalue weighted by Crippen LogP contribution is -2.02. The molecule has 0 aromatic heterocycles. The van der Waals surface area contributed by atoms with Crippen molar-refractivity contribution in [3.8, 4) is 0 Å². The fourth-order valence-corrected chi connectivity index (χ4v) is 0.881. The Morgan fingerprint density at radius 3 is 1.94 bits per heavy atom. The van der Waals surface area contributed by atoms with Crippen LogP contribution in [-0.2, 0) is 28.6 Å². The van der Waals surface area contributed by atoms with Gasteiger partial charge < -0.3 is 14.2 Å². The van der Waals surface area contributed by atoms with Gasteiger partial charge in [0.25, 0.3) is 0 Å². The van der Waals surface area contributed by atoms with E-state index in [4.69, 9.17) is 4.74 Å². The van der Waals surface area contributed by atoms with Gasteiger partial charge in [-0.15, -0.1) is 0 Å². The third-order valence-electron chi connectivity index (χ3n) is 1.50. The number of carbonyl (C=O) groups is 3. The number of allylic oxidation sites excluding steroid dienone is 1. The Kier molecular flexibility index (Phi) is 7.92. The Morgan fingerprint density at radius 1 is 0.889 bits per heavy atom. The zero-order valence-corrected chi connectivity index (χ0v) is 10.6. The van der Waals surface area contributed by atoms with Crippen LogP contribution in [0.2, 0.25) is 0 Å². The van der Waals surface area contributed by atoms with E-state index >= 15 is 0 Å². The molecule has 0 aromatic carbocycles. The molecule has 0 amide bonds. The first-order valence-corrected chi connectivity index (χ1v) is 5.23. The van der Waals surface area contributed by atoms with Crippen molar-refractivity contribution in [2.24, 2.45) is 0 Å². The van der Waals surface area contributed by atoms with Gasteiger partial charge in [0.2, 0.25) is 0 Å². The summed E-state index contributed by atoms with van der Waals surface area (Å²) in [6, 6.07) is 0. The minimum atomic E-state index is -0.499. The van der Waals surface area contributed by atoms with Crippen molar-refractivity contribution in [2.75, 3.05) is 13.2 Å². The zero-order valence-electron chi connectivity index (χ0n) is 10.6. The molecule has 100 valence electrons. The lowest BCUT2D eigenvalue weighted by Gasteiger charge is -2.03. The summed E-state index contributed by atoms with van der Waals surface area (Å²) in [5.74, 6) is -1.12. The van der Waals surface area contributed by atoms with Crippen molar-refractivity contribution in [2.45, 2.75) is 20.8 Å². The van der Waals surface area contributed by atoms with E-state index in [0.29, 0.717) is 0 Å². The Bertz CT molecular complexity index is 367. The van der Waals surface area contributed by atoms with Gasteiger partial charge in [-0.2, -0.15) is 0 Å². The van der Waals surface area contributed by atoms with E-state index in [2.05, 4.69) is 9.47 Å². The van der Waals surface area contributed by atoms with Crippen LogP contribution in [0, 0.1) is 0 Å². The lowest BCUT2D eigenvalue weighted by molar-refractivity contribution is -0.140. The molecule has 0 saturated carbocycles. The lowest BCUT2D eigenvalue weighted by atomic mass is 10.4. The second-order valence-corrected chi connectivity index (χ2v) is 3.21. The highest BCUT2D eigenvalue weighted by molar-refractivity contribution is 5.68. The Morgan fingerprint density at radius 2 is 1.44 bits per heavy atom. The molecular weight excluding hydrogens is 240 g/mol. The van der Waals surface area contributed by atoms with Crippen LogP contribution >= 0.6 is 0 Å². The number of hydrogen-bond acceptors (Lipinski definition) is 6. The highest BCUT2D eigenvalue weighted by atomic mass is 16.5. The van der Waals surface area contributed by atoms with Crippen molar-refractivity contribution in [3.63, 3.8) is 0 Å². The molecule has 0 rings (SSSR count). The standard InChI is InChI=1S/C12H16O6/c1-9(13)16-7-4-5-12(18-11(3)15)6-8-17-10(2)14/h4-6H,7-8H2,1-3H3/b5-4-,12-6-. The fourth-order valence-electron chi connectivity index (χ4n) is 0.881. The summed E-state index contributed by atoms with van der Waals surface area (Å²) in [7, 11) is 0. The molecular formula is C12H16O6. The van der Waals surface area contributed by atoms with E-state index in [1.54, 1.807) is 0 Å². The van der Waals surface area contributed by atoms with Crippen LogP contribution < -0.4 is 0 Å². The van der Waals surface area contributed by atoms with Crippen LogP contribution in [0.3, 0.4) is 0 Å². The Labute approximate surface area is 105 Å². The molecule has 6 nitrogen and oxygen atoms in total. The normalized spacial score (nSPS) is 11.2. The van der Waals surface area contributed by atoms with Gasteiger partial charge in [-0.1, -0.05) is 0 Å². The van der Waals surface area contributed by atoms with Gasteiger partial charge in [0, 0.05) is 20.8 Å². The molecule has 0 atom stereocenters. The van der Waals surface area contributed by atoms with Crippen molar-refractivity contribution in [1.29, 1.82) is 0 Å². The van der Waals surface area contributed by atoms with E-state index in [-0.39, 0.29) is 19.0 Å². The molecule has 0 saturated heterocycles. The van der Waals surface area contributed by atoms with Gasteiger partial charge in [-0.25, -0.2) is 0 Å². The molecule has 0 N–H and O–H groups in total. The maximum atomic E-state index is 10.8. The monoisotopic (exact) mass is 256 g/mol. The van der Waals surface area contributed by atoms with Gasteiger partial charge >= 0.3 is 17.9 Å². The third kappa shape index (κ3) is 10.4. The summed E-state index contributed by atoms with van der Waals surface area (Å²) in [5, 5.41) is 0. The molecule has 0 bridgehead atoms. The zero-order chi connectivity index (χ0) is 14.0. The van der Waals surface area contributed by atoms with Crippen LogP contribution in [0.1, 0.15) is 20.8 Å². The molecule has 0 fully saturated rings. The summed E-state index contributed by atoms with van der Waals surface area (Å²) in [6.45, 7) is 3.88. The van der Waals surface area contributed by atoms with E-state index in [0.717, 1.165) is 0 Å². The maximum absolute atomic E-state index is 10.8. The highest BCUT2D eigenvalue weighted by Crippen LogP contribution is 2.01. The second kappa shape index (κ2) is 8.98. The van der Waals surface area contributed by atoms with Crippen molar-refractivity contribution < 1.29 is 28.6 Å². The van der Waals surface area contributed by atoms with Gasteiger partial charge in [-0.05, 0) is 18.2 Å². The molecule has 0 aliphatic rings. The molecule has 0 aliphatic carbocycles. The van der Waals surface area contributed by atoms with E-state index < -0.39 is 17.9 Å². The highest BCUT2D eigenvalue weighted by Gasteiger charge is 1.99. The average Bonchev–Trinajstić information content (AvgIpc) is 2.22. The largest absolute Gasteiger partial charge is 0.462 e. The minimum Gasteiger partial charge on any atom is -0.462 e. The molecule has 6 heteroatoms. The van der Waals surface area contributed by atoms with Crippen LogP contribution in [0.15, 0.2) is 24.0 Å². The molecule has 0 heterocycles. The smallest absolute Gasteiger partial charge is 0.308 e. The molecule has 0 unspecified atom stereocenters. The summed E-state index contributed by atoms with van der Waals surface area (Å²) in [4.78, 5) is 31.8. The first-order valence-electron chi connectivity index (χ1n) is 5.23. The molecule has 0 aromatic rings. The summed E-state index contributed by atoms with van der Waals surface area (Å²) >= 11 is 0. The summed E-state index contributed by atoms with van der Waals surface area (Å²) in [6.07, 6.45) is 4.38. The van der Waals surface area contributed by atoms with Crippen LogP contribution in [-0.4, -0.2) is 31.1 Å². The van der Waals surface area contributed by atoms with Crippen LogP contribution in [0.25, 0.3) is 0 Å². The number of hydrogen-bond donors (Lipinski definition) is 0. The summed E-state index contributed by atoms with van der Waals surface area (Å²) in [5.41, 5.74) is 0. The number of esters is 3. The van der Waals surface area contributed by atoms with Gasteiger partial charge in [0.15, 0.2) is 0 Å². The van der Waals surface area contributed by atoms with Gasteiger partial charge in [-0.3, -0.25) is 14.4 Å². The number of ether oxygens (including phenoxy) is 3. The van der Waals surface area contributed by atoms with E-state index in [1.807, 2.05) is 0 Å². The Balaban J connectivity index is 4.33. The number of carbonyl (C=O) groups excluding carboxylic acids is 3. The first-order chi connectivity index (χ1) is 8.41. The number of rotatable bonds is 6. The predicted octanol–water partition coefficient (Wildman–Crippen LogP) is 1.12. The molecule has 0 aliphatic heterocycles. The fraction of sp³-hybridized carbons (Fsp3) is 0.417. The average molecular weight is 256 g/mol. The van der Waals surface area contributed by atoms with E-state index in [9.17, 15) is 14.4 Å². The van der Waals surface area contributed by atoms with Gasteiger partial charge in [0.05, 0.1) is 0 Å². The topological polar surface area (TPSA) is 78.9 Å². The van der Waals surface area contributed by atoms with Crippen molar-refractivity contribution >= 4 is 17.9 Å². The molecule has 18 heavy (non-hydrogen) atoms. The predicted molar refractivity (Wildman–Crippen MR) is 62.3 cm³/mol. The molecule has 0 radical (unpaired) electrons. The maximum Gasteiger partial charge on any atom is 0.308 e. The SMILES string of the molecule is CC(=O)OC/C=C\C(=C\COC(C)=O)OC(C)=O. The van der Waals surface area contributed by atoms with E-state index in [1.165, 1.54) is 39.0 Å². The van der Waals surface area contributed by atoms with Gasteiger partial charge in [0.1, 0.15) is 19.0 Å². The second-order valence-electron chi connectivity index (χ2n) is 3.21. The quantitative estimate of drug-likeness (QED) is 0.306. The Hall–Kier alpha value is -2.11. The summed E-state index contributed by atoms with van der Waals surface area (Å²) < 4.78 is 14.2. The first kappa shape index (κ1) is 15.9. The molecule has 0 spiro atoms. The third-order valence-corrected chi connectivity index (χ3v) is 1.50. The van der Waals surface area contributed by atoms with Crippen LogP contribution in [0.5, 0.6) is 0 Å².